The summed E-state index contributed by atoms with van der Waals surface area (Å²) in [5.41, 5.74) is 11.8. The average molecular weight is 335 g/mol. The van der Waals surface area contributed by atoms with Gasteiger partial charge in [-0.3, -0.25) is 0 Å². The van der Waals surface area contributed by atoms with Crippen LogP contribution >= 0.6 is 11.3 Å². The van der Waals surface area contributed by atoms with Crippen molar-refractivity contribution in [3.05, 3.63) is 53.6 Å². The monoisotopic (exact) mass is 335 g/mol. The number of nitrogens with two attached hydrogens (primary N) is 1. The second-order valence-electron chi connectivity index (χ2n) is 6.21. The molecule has 3 N–H and O–H groups in total. The van der Waals surface area contributed by atoms with Gasteiger partial charge >= 0.3 is 0 Å². The SMILES string of the molecule is Cc1cccc2c(CCCCN)c(-c3nc4ccccc4s3)[nH]c12. The molecule has 0 saturated carbocycles. The number of aromatic amines is 1. The Labute approximate surface area is 145 Å². The lowest BCUT2D eigenvalue weighted by Crippen LogP contribution is -1.99. The van der Waals surface area contributed by atoms with E-state index in [4.69, 9.17) is 10.7 Å². The van der Waals surface area contributed by atoms with Gasteiger partial charge in [0.05, 0.1) is 15.9 Å². The minimum absolute atomic E-state index is 0.748. The zero-order valence-corrected chi connectivity index (χ0v) is 14.6. The maximum atomic E-state index is 5.69. The van der Waals surface area contributed by atoms with E-state index in [9.17, 15) is 0 Å². The van der Waals surface area contributed by atoms with Crippen LogP contribution in [0.5, 0.6) is 0 Å². The first-order valence-corrected chi connectivity index (χ1v) is 9.26. The Balaban J connectivity index is 1.89. The fourth-order valence-electron chi connectivity index (χ4n) is 3.29. The largest absolute Gasteiger partial charge is 0.352 e. The van der Waals surface area contributed by atoms with Gasteiger partial charge in [-0.15, -0.1) is 11.3 Å². The molecule has 0 radical (unpaired) electrons. The predicted octanol–water partition coefficient (Wildman–Crippen LogP) is 5.03. The third kappa shape index (κ3) is 2.62. The number of aromatic nitrogens is 2. The molecule has 4 aromatic rings. The molecule has 2 heterocycles. The molecule has 0 spiro atoms. The molecule has 4 rings (SSSR count). The number of unbranched alkanes of at least 4 members (excludes halogenated alkanes) is 1. The summed E-state index contributed by atoms with van der Waals surface area (Å²) in [6.45, 7) is 2.91. The van der Waals surface area contributed by atoms with Gasteiger partial charge in [0.1, 0.15) is 5.01 Å². The van der Waals surface area contributed by atoms with Crippen molar-refractivity contribution < 1.29 is 0 Å². The van der Waals surface area contributed by atoms with Gasteiger partial charge in [0.25, 0.3) is 0 Å². The number of benzene rings is 2. The molecule has 0 fully saturated rings. The van der Waals surface area contributed by atoms with E-state index in [-0.39, 0.29) is 0 Å². The average Bonchev–Trinajstić information content (AvgIpc) is 3.17. The zero-order valence-electron chi connectivity index (χ0n) is 13.8. The topological polar surface area (TPSA) is 54.7 Å². The molecule has 0 aliphatic carbocycles. The molecule has 0 amide bonds. The number of rotatable bonds is 5. The van der Waals surface area contributed by atoms with Crippen molar-refractivity contribution in [1.29, 1.82) is 0 Å². The fourth-order valence-corrected chi connectivity index (χ4v) is 4.28. The molecule has 2 aromatic heterocycles. The van der Waals surface area contributed by atoms with Crippen molar-refractivity contribution in [1.82, 2.24) is 9.97 Å². The lowest BCUT2D eigenvalue weighted by Gasteiger charge is -2.02. The Hall–Kier alpha value is -2.17. The second-order valence-corrected chi connectivity index (χ2v) is 7.24. The molecule has 4 heteroatoms. The van der Waals surface area contributed by atoms with E-state index in [1.54, 1.807) is 11.3 Å². The number of nitrogens with zero attached hydrogens (tertiary/aromatic N) is 1. The normalized spacial score (nSPS) is 11.6. The first-order chi connectivity index (χ1) is 11.8. The molecule has 0 aliphatic rings. The van der Waals surface area contributed by atoms with Crippen LogP contribution in [0.15, 0.2) is 42.5 Å². The third-order valence-electron chi connectivity index (χ3n) is 4.54. The Bertz CT molecular complexity index is 964. The smallest absolute Gasteiger partial charge is 0.141 e. The quantitative estimate of drug-likeness (QED) is 0.502. The van der Waals surface area contributed by atoms with Gasteiger partial charge < -0.3 is 10.7 Å². The molecule has 0 unspecified atom stereocenters. The standard InChI is InChI=1S/C20H21N3S/c1-13-7-6-9-14-15(8-4-5-12-21)19(23-18(13)14)20-22-16-10-2-3-11-17(16)24-20/h2-3,6-7,9-11,23H,4-5,8,12,21H2,1H3. The van der Waals surface area contributed by atoms with Crippen LogP contribution in [-0.2, 0) is 6.42 Å². The van der Waals surface area contributed by atoms with Crippen molar-refractivity contribution in [3.63, 3.8) is 0 Å². The molecule has 0 aliphatic heterocycles. The molecular formula is C20H21N3S. The summed E-state index contributed by atoms with van der Waals surface area (Å²) in [7, 11) is 0. The van der Waals surface area contributed by atoms with E-state index in [0.29, 0.717) is 0 Å². The Morgan fingerprint density at radius 2 is 1.96 bits per heavy atom. The first-order valence-electron chi connectivity index (χ1n) is 8.44. The number of para-hydroxylation sites is 2. The van der Waals surface area contributed by atoms with Gasteiger partial charge in [-0.25, -0.2) is 4.98 Å². The highest BCUT2D eigenvalue weighted by Gasteiger charge is 2.17. The number of hydrogen-bond acceptors (Lipinski definition) is 3. The highest BCUT2D eigenvalue weighted by molar-refractivity contribution is 7.21. The molecule has 0 bridgehead atoms. The summed E-state index contributed by atoms with van der Waals surface area (Å²) in [6, 6.07) is 14.8. The van der Waals surface area contributed by atoms with Crippen LogP contribution in [0.25, 0.3) is 31.8 Å². The van der Waals surface area contributed by atoms with Crippen molar-refractivity contribution >= 4 is 32.5 Å². The van der Waals surface area contributed by atoms with E-state index >= 15 is 0 Å². The number of thiazole rings is 1. The van der Waals surface area contributed by atoms with Gasteiger partial charge in [-0.05, 0) is 56.0 Å². The van der Waals surface area contributed by atoms with Crippen LogP contribution in [0.4, 0.5) is 0 Å². The predicted molar refractivity (Wildman–Crippen MR) is 104 cm³/mol. The summed E-state index contributed by atoms with van der Waals surface area (Å²) in [4.78, 5) is 8.51. The van der Waals surface area contributed by atoms with E-state index in [2.05, 4.69) is 48.3 Å². The van der Waals surface area contributed by atoms with Gasteiger partial charge in [0.15, 0.2) is 0 Å². The summed E-state index contributed by atoms with van der Waals surface area (Å²) < 4.78 is 1.23. The Kier molecular flexibility index (Phi) is 4.08. The van der Waals surface area contributed by atoms with Gasteiger partial charge in [0, 0.05) is 10.9 Å². The van der Waals surface area contributed by atoms with Gasteiger partial charge in [0.2, 0.25) is 0 Å². The molecule has 0 saturated heterocycles. The summed E-state index contributed by atoms with van der Waals surface area (Å²) >= 11 is 1.76. The minimum Gasteiger partial charge on any atom is -0.352 e. The van der Waals surface area contributed by atoms with Crippen molar-refractivity contribution in [2.75, 3.05) is 6.54 Å². The van der Waals surface area contributed by atoms with Crippen LogP contribution in [-0.4, -0.2) is 16.5 Å². The van der Waals surface area contributed by atoms with E-state index < -0.39 is 0 Å². The van der Waals surface area contributed by atoms with Crippen LogP contribution in [0.2, 0.25) is 0 Å². The van der Waals surface area contributed by atoms with Crippen molar-refractivity contribution in [3.8, 4) is 10.7 Å². The number of fused-ring (bicyclic) bond motifs is 2. The van der Waals surface area contributed by atoms with Crippen LogP contribution in [0.3, 0.4) is 0 Å². The molecule has 2 aromatic carbocycles. The lowest BCUT2D eigenvalue weighted by molar-refractivity contribution is 0.748. The van der Waals surface area contributed by atoms with E-state index in [0.717, 1.165) is 36.3 Å². The number of aryl methyl sites for hydroxylation is 2. The maximum Gasteiger partial charge on any atom is 0.141 e. The number of nitrogens with one attached hydrogen (secondary N) is 1. The third-order valence-corrected chi connectivity index (χ3v) is 5.59. The number of H-pyrrole nitrogens is 1. The van der Waals surface area contributed by atoms with Gasteiger partial charge in [-0.1, -0.05) is 30.3 Å². The van der Waals surface area contributed by atoms with Crippen molar-refractivity contribution in [2.45, 2.75) is 26.2 Å². The molecule has 122 valence electrons. The first kappa shape index (κ1) is 15.4. The zero-order chi connectivity index (χ0) is 16.5. The molecular weight excluding hydrogens is 314 g/mol. The van der Waals surface area contributed by atoms with Crippen LogP contribution < -0.4 is 5.73 Å². The molecule has 0 atom stereocenters. The minimum atomic E-state index is 0.748. The summed E-state index contributed by atoms with van der Waals surface area (Å²) in [6.07, 6.45) is 3.19. The Morgan fingerprint density at radius 3 is 2.79 bits per heavy atom. The van der Waals surface area contributed by atoms with Crippen molar-refractivity contribution in [2.24, 2.45) is 5.73 Å². The summed E-state index contributed by atoms with van der Waals surface area (Å²) in [5.74, 6) is 0. The van der Waals surface area contributed by atoms with Crippen LogP contribution in [0, 0.1) is 6.92 Å². The lowest BCUT2D eigenvalue weighted by atomic mass is 10.0. The van der Waals surface area contributed by atoms with Gasteiger partial charge in [-0.2, -0.15) is 0 Å². The second kappa shape index (κ2) is 6.38. The fraction of sp³-hybridized carbons (Fsp3) is 0.250. The van der Waals surface area contributed by atoms with E-state index in [1.807, 2.05) is 6.07 Å². The van der Waals surface area contributed by atoms with E-state index in [1.165, 1.54) is 32.4 Å². The highest BCUT2D eigenvalue weighted by Crippen LogP contribution is 2.36. The highest BCUT2D eigenvalue weighted by atomic mass is 32.1. The Morgan fingerprint density at radius 1 is 1.08 bits per heavy atom. The number of hydrogen-bond donors (Lipinski definition) is 2. The summed E-state index contributed by atoms with van der Waals surface area (Å²) in [5, 5.41) is 2.40. The molecule has 3 nitrogen and oxygen atoms in total. The maximum absolute atomic E-state index is 5.69. The molecule has 24 heavy (non-hydrogen) atoms. The van der Waals surface area contributed by atoms with Crippen LogP contribution in [0.1, 0.15) is 24.0 Å².